The zero-order valence-electron chi connectivity index (χ0n) is 12.4. The van der Waals surface area contributed by atoms with Crippen LogP contribution in [0.25, 0.3) is 0 Å². The van der Waals surface area contributed by atoms with Gasteiger partial charge in [-0.1, -0.05) is 38.8 Å². The maximum Gasteiger partial charge on any atom is 0.123 e. The third-order valence-electron chi connectivity index (χ3n) is 3.88. The van der Waals surface area contributed by atoms with Gasteiger partial charge in [0.1, 0.15) is 5.82 Å². The van der Waals surface area contributed by atoms with Gasteiger partial charge in [0.05, 0.1) is 18.8 Å². The highest BCUT2D eigenvalue weighted by Gasteiger charge is 2.29. The number of benzene rings is 1. The minimum atomic E-state index is -0.688. The minimum absolute atomic E-state index is 0.00907. The van der Waals surface area contributed by atoms with E-state index in [4.69, 9.17) is 0 Å². The van der Waals surface area contributed by atoms with Crippen molar-refractivity contribution in [2.75, 3.05) is 13.2 Å². The molecule has 0 aliphatic rings. The highest BCUT2D eigenvalue weighted by Crippen LogP contribution is 2.24. The van der Waals surface area contributed by atoms with Gasteiger partial charge in [0.2, 0.25) is 0 Å². The summed E-state index contributed by atoms with van der Waals surface area (Å²) in [5.74, 6) is -0.255. The van der Waals surface area contributed by atoms with Crippen molar-refractivity contribution in [3.05, 3.63) is 35.6 Å². The Hall–Kier alpha value is -0.970. The van der Waals surface area contributed by atoms with Crippen LogP contribution in [0.1, 0.15) is 51.1 Å². The predicted octanol–water partition coefficient (Wildman–Crippen LogP) is 2.78. The maximum absolute atomic E-state index is 13.0. The second kappa shape index (κ2) is 8.35. The second-order valence-electron chi connectivity index (χ2n) is 5.34. The third-order valence-corrected chi connectivity index (χ3v) is 3.88. The van der Waals surface area contributed by atoms with Crippen molar-refractivity contribution in [1.29, 1.82) is 0 Å². The van der Waals surface area contributed by atoms with Crippen LogP contribution in [0.15, 0.2) is 24.3 Å². The first-order valence-electron chi connectivity index (χ1n) is 7.35. The molecule has 3 nitrogen and oxygen atoms in total. The molecule has 0 bridgehead atoms. The number of unbranched alkanes of at least 4 members (excludes halogenated alkanes) is 1. The molecular weight excluding hydrogens is 257 g/mol. The van der Waals surface area contributed by atoms with Crippen LogP contribution < -0.4 is 5.32 Å². The van der Waals surface area contributed by atoms with E-state index in [2.05, 4.69) is 12.2 Å². The highest BCUT2D eigenvalue weighted by atomic mass is 19.1. The Morgan fingerprint density at radius 1 is 1.15 bits per heavy atom. The van der Waals surface area contributed by atoms with Crippen LogP contribution in [0.3, 0.4) is 0 Å². The summed E-state index contributed by atoms with van der Waals surface area (Å²) < 4.78 is 13.0. The highest BCUT2D eigenvalue weighted by molar-refractivity contribution is 5.20. The molecule has 1 unspecified atom stereocenters. The summed E-state index contributed by atoms with van der Waals surface area (Å²) in [6.45, 7) is 3.81. The fourth-order valence-electron chi connectivity index (χ4n) is 2.26. The summed E-state index contributed by atoms with van der Waals surface area (Å²) in [5, 5.41) is 22.5. The Balaban J connectivity index is 2.91. The number of rotatable bonds is 9. The number of hydrogen-bond acceptors (Lipinski definition) is 3. The molecule has 0 saturated heterocycles. The molecule has 0 spiro atoms. The van der Waals surface area contributed by atoms with Crippen molar-refractivity contribution in [2.45, 2.75) is 51.1 Å². The lowest BCUT2D eigenvalue weighted by Gasteiger charge is -2.35. The van der Waals surface area contributed by atoms with Gasteiger partial charge in [0, 0.05) is 6.04 Å². The molecule has 0 aliphatic heterocycles. The molecule has 1 aromatic carbocycles. The molecule has 1 atom stereocenters. The van der Waals surface area contributed by atoms with Crippen LogP contribution in [0.5, 0.6) is 0 Å². The third kappa shape index (κ3) is 4.54. The Kier molecular flexibility index (Phi) is 7.13. The van der Waals surface area contributed by atoms with Crippen molar-refractivity contribution in [1.82, 2.24) is 5.32 Å². The Bertz CT molecular complexity index is 368. The molecule has 1 aromatic rings. The lowest BCUT2D eigenvalue weighted by Crippen LogP contribution is -2.52. The quantitative estimate of drug-likeness (QED) is 0.653. The summed E-state index contributed by atoms with van der Waals surface area (Å²) in [7, 11) is 0. The molecule has 1 rings (SSSR count). The number of nitrogens with one attached hydrogen (secondary N) is 1. The van der Waals surface area contributed by atoms with Gasteiger partial charge in [0.25, 0.3) is 0 Å². The van der Waals surface area contributed by atoms with E-state index in [1.165, 1.54) is 12.1 Å². The van der Waals surface area contributed by atoms with Crippen molar-refractivity contribution < 1.29 is 14.6 Å². The Morgan fingerprint density at radius 3 is 2.20 bits per heavy atom. The average Bonchev–Trinajstić information content (AvgIpc) is 2.49. The van der Waals surface area contributed by atoms with E-state index >= 15 is 0 Å². The van der Waals surface area contributed by atoms with Crippen LogP contribution >= 0.6 is 0 Å². The number of hydrogen-bond donors (Lipinski definition) is 3. The topological polar surface area (TPSA) is 52.5 Å². The van der Waals surface area contributed by atoms with E-state index in [0.29, 0.717) is 6.42 Å². The summed E-state index contributed by atoms with van der Waals surface area (Å²) in [5.41, 5.74) is 0.298. The van der Waals surface area contributed by atoms with E-state index in [-0.39, 0.29) is 25.1 Å². The molecule has 3 N–H and O–H groups in total. The van der Waals surface area contributed by atoms with Crippen LogP contribution in [0, 0.1) is 5.82 Å². The zero-order chi connectivity index (χ0) is 15.0. The summed E-state index contributed by atoms with van der Waals surface area (Å²) in [6, 6.07) is 6.42. The van der Waals surface area contributed by atoms with Gasteiger partial charge >= 0.3 is 0 Å². The normalized spacial score (nSPS) is 13.4. The molecule has 4 heteroatoms. The van der Waals surface area contributed by atoms with Crippen LogP contribution in [-0.4, -0.2) is 29.0 Å². The zero-order valence-corrected chi connectivity index (χ0v) is 12.4. The fraction of sp³-hybridized carbons (Fsp3) is 0.625. The molecule has 0 heterocycles. The van der Waals surface area contributed by atoms with E-state index in [1.54, 1.807) is 12.1 Å². The van der Waals surface area contributed by atoms with Gasteiger partial charge in [0.15, 0.2) is 0 Å². The average molecular weight is 283 g/mol. The summed E-state index contributed by atoms with van der Waals surface area (Å²) >= 11 is 0. The molecule has 0 saturated carbocycles. The van der Waals surface area contributed by atoms with E-state index in [1.807, 2.05) is 6.92 Å². The van der Waals surface area contributed by atoms with Crippen LogP contribution in [0.4, 0.5) is 4.39 Å². The molecular formula is C16H26FNO2. The van der Waals surface area contributed by atoms with Gasteiger partial charge in [-0.2, -0.15) is 0 Å². The minimum Gasteiger partial charge on any atom is -0.394 e. The molecule has 0 aromatic heterocycles. The maximum atomic E-state index is 13.0. The van der Waals surface area contributed by atoms with E-state index < -0.39 is 5.54 Å². The van der Waals surface area contributed by atoms with Gasteiger partial charge in [-0.25, -0.2) is 4.39 Å². The molecule has 0 aliphatic carbocycles. The Morgan fingerprint density at radius 2 is 1.75 bits per heavy atom. The van der Waals surface area contributed by atoms with Gasteiger partial charge in [-0.05, 0) is 30.5 Å². The number of aliphatic hydroxyl groups is 2. The summed E-state index contributed by atoms with van der Waals surface area (Å²) in [6.07, 6.45) is 3.62. The number of halogens is 1. The lowest BCUT2D eigenvalue weighted by molar-refractivity contribution is 0.0759. The molecule has 0 radical (unpaired) electrons. The first kappa shape index (κ1) is 17.1. The van der Waals surface area contributed by atoms with Crippen molar-refractivity contribution in [3.8, 4) is 0 Å². The lowest BCUT2D eigenvalue weighted by atomic mass is 9.93. The van der Waals surface area contributed by atoms with Gasteiger partial charge in [-0.3, -0.25) is 0 Å². The fourth-order valence-corrected chi connectivity index (χ4v) is 2.26. The van der Waals surface area contributed by atoms with Crippen molar-refractivity contribution in [3.63, 3.8) is 0 Å². The van der Waals surface area contributed by atoms with Crippen LogP contribution in [0.2, 0.25) is 0 Å². The van der Waals surface area contributed by atoms with E-state index in [0.717, 1.165) is 24.8 Å². The predicted molar refractivity (Wildman–Crippen MR) is 79.0 cm³/mol. The van der Waals surface area contributed by atoms with Gasteiger partial charge < -0.3 is 15.5 Å². The Labute approximate surface area is 120 Å². The molecule has 0 fully saturated rings. The first-order chi connectivity index (χ1) is 9.60. The first-order valence-corrected chi connectivity index (χ1v) is 7.35. The molecule has 20 heavy (non-hydrogen) atoms. The standard InChI is InChI=1S/C16H26FNO2/c1-3-5-6-15(13-7-9-14(17)10-8-13)18-16(4-2,11-19)12-20/h7-10,15,18-20H,3-6,11-12H2,1-2H3. The van der Waals surface area contributed by atoms with Crippen molar-refractivity contribution in [2.24, 2.45) is 0 Å². The van der Waals surface area contributed by atoms with Gasteiger partial charge in [-0.15, -0.1) is 0 Å². The number of aliphatic hydroxyl groups excluding tert-OH is 2. The SMILES string of the molecule is CCCCC(NC(CC)(CO)CO)c1ccc(F)cc1. The smallest absolute Gasteiger partial charge is 0.123 e. The van der Waals surface area contributed by atoms with Crippen LogP contribution in [-0.2, 0) is 0 Å². The molecule has 0 amide bonds. The second-order valence-corrected chi connectivity index (χ2v) is 5.34. The van der Waals surface area contributed by atoms with Crippen molar-refractivity contribution >= 4 is 0 Å². The van der Waals surface area contributed by atoms with E-state index in [9.17, 15) is 14.6 Å². The monoisotopic (exact) mass is 283 g/mol. The summed E-state index contributed by atoms with van der Waals surface area (Å²) in [4.78, 5) is 0. The largest absolute Gasteiger partial charge is 0.394 e. The molecule has 114 valence electrons.